The predicted octanol–water partition coefficient (Wildman–Crippen LogP) is 7.12. The topological polar surface area (TPSA) is 3.24 Å². The highest BCUT2D eigenvalue weighted by Crippen LogP contribution is 2.33. The summed E-state index contributed by atoms with van der Waals surface area (Å²) in [6.45, 7) is 9.47. The Kier molecular flexibility index (Phi) is 10.8. The number of nitrogens with zero attached hydrogens (tertiary/aromatic N) is 1. The predicted molar refractivity (Wildman–Crippen MR) is 119 cm³/mol. The minimum Gasteiger partial charge on any atom is -0.300 e. The van der Waals surface area contributed by atoms with Crippen molar-refractivity contribution in [3.05, 3.63) is 29.3 Å². The van der Waals surface area contributed by atoms with Crippen molar-refractivity contribution < 1.29 is 0 Å². The highest BCUT2D eigenvalue weighted by atomic mass is 32.2. The SMILES string of the molecule is CCCCCCCCSc1cccc2c1CC(N(CCC)CCC)CC2. The van der Waals surface area contributed by atoms with Gasteiger partial charge in [-0.2, -0.15) is 0 Å². The first-order valence-corrected chi connectivity index (χ1v) is 12.3. The Morgan fingerprint density at radius 3 is 2.38 bits per heavy atom. The second kappa shape index (κ2) is 12.8. The monoisotopic (exact) mass is 375 g/mol. The molecule has 0 aliphatic heterocycles. The standard InChI is InChI=1S/C24H41NS/c1-4-7-8-9-10-11-19-26-24-14-12-13-21-15-16-22(20-23(21)24)25(17-5-2)18-6-3/h12-14,22H,4-11,15-20H2,1-3H3. The lowest BCUT2D eigenvalue weighted by molar-refractivity contribution is 0.179. The molecule has 1 nitrogen and oxygen atoms in total. The summed E-state index contributed by atoms with van der Waals surface area (Å²) in [5.41, 5.74) is 3.30. The maximum atomic E-state index is 2.76. The van der Waals surface area contributed by atoms with Crippen LogP contribution in [0.25, 0.3) is 0 Å². The van der Waals surface area contributed by atoms with Gasteiger partial charge >= 0.3 is 0 Å². The molecule has 0 radical (unpaired) electrons. The zero-order valence-electron chi connectivity index (χ0n) is 17.6. The van der Waals surface area contributed by atoms with Crippen molar-refractivity contribution in [1.82, 2.24) is 4.90 Å². The average Bonchev–Trinajstić information content (AvgIpc) is 2.67. The smallest absolute Gasteiger partial charge is 0.0139 e. The van der Waals surface area contributed by atoms with Crippen LogP contribution in [-0.2, 0) is 12.8 Å². The molecule has 1 aliphatic carbocycles. The molecule has 2 heteroatoms. The van der Waals surface area contributed by atoms with E-state index in [4.69, 9.17) is 0 Å². The van der Waals surface area contributed by atoms with Gasteiger partial charge in [-0.3, -0.25) is 0 Å². The van der Waals surface area contributed by atoms with E-state index < -0.39 is 0 Å². The summed E-state index contributed by atoms with van der Waals surface area (Å²) >= 11 is 2.12. The molecule has 1 atom stereocenters. The molecular weight excluding hydrogens is 334 g/mol. The minimum atomic E-state index is 0.762. The van der Waals surface area contributed by atoms with Crippen molar-refractivity contribution in [3.63, 3.8) is 0 Å². The summed E-state index contributed by atoms with van der Waals surface area (Å²) in [6.07, 6.45) is 14.8. The van der Waals surface area contributed by atoms with Crippen molar-refractivity contribution in [2.75, 3.05) is 18.8 Å². The van der Waals surface area contributed by atoms with Crippen molar-refractivity contribution in [3.8, 4) is 0 Å². The van der Waals surface area contributed by atoms with Gasteiger partial charge in [0.25, 0.3) is 0 Å². The molecule has 0 aromatic heterocycles. The molecule has 1 aliphatic rings. The van der Waals surface area contributed by atoms with Crippen molar-refractivity contribution >= 4 is 11.8 Å². The van der Waals surface area contributed by atoms with E-state index in [0.717, 1.165) is 6.04 Å². The van der Waals surface area contributed by atoms with Gasteiger partial charge in [0.1, 0.15) is 0 Å². The number of unbranched alkanes of at least 4 members (excludes halogenated alkanes) is 5. The van der Waals surface area contributed by atoms with E-state index in [2.05, 4.69) is 55.6 Å². The molecule has 0 N–H and O–H groups in total. The zero-order valence-corrected chi connectivity index (χ0v) is 18.4. The van der Waals surface area contributed by atoms with E-state index in [9.17, 15) is 0 Å². The molecule has 0 heterocycles. The van der Waals surface area contributed by atoms with Gasteiger partial charge in [0, 0.05) is 10.9 Å². The fourth-order valence-corrected chi connectivity index (χ4v) is 5.43. The lowest BCUT2D eigenvalue weighted by Crippen LogP contribution is -2.40. The van der Waals surface area contributed by atoms with Crippen LogP contribution >= 0.6 is 11.8 Å². The normalized spacial score (nSPS) is 16.8. The summed E-state index contributed by atoms with van der Waals surface area (Å²) in [5, 5.41) is 0. The average molecular weight is 376 g/mol. The highest BCUT2D eigenvalue weighted by Gasteiger charge is 2.25. The molecule has 1 aromatic carbocycles. The third kappa shape index (κ3) is 6.93. The third-order valence-electron chi connectivity index (χ3n) is 5.71. The van der Waals surface area contributed by atoms with E-state index in [0.29, 0.717) is 0 Å². The molecule has 2 rings (SSSR count). The van der Waals surface area contributed by atoms with Crippen LogP contribution in [0.4, 0.5) is 0 Å². The van der Waals surface area contributed by atoms with E-state index >= 15 is 0 Å². The van der Waals surface area contributed by atoms with E-state index in [1.54, 1.807) is 16.0 Å². The van der Waals surface area contributed by atoms with Gasteiger partial charge in [-0.25, -0.2) is 0 Å². The second-order valence-corrected chi connectivity index (χ2v) is 9.08. The summed E-state index contributed by atoms with van der Waals surface area (Å²) < 4.78 is 0. The van der Waals surface area contributed by atoms with E-state index in [1.165, 1.54) is 89.5 Å². The summed E-state index contributed by atoms with van der Waals surface area (Å²) in [7, 11) is 0. The molecule has 0 fully saturated rings. The second-order valence-electron chi connectivity index (χ2n) is 7.94. The molecule has 148 valence electrons. The number of hydrogen-bond donors (Lipinski definition) is 0. The van der Waals surface area contributed by atoms with Crippen LogP contribution in [-0.4, -0.2) is 29.8 Å². The summed E-state index contributed by atoms with van der Waals surface area (Å²) in [6, 6.07) is 7.81. The van der Waals surface area contributed by atoms with Gasteiger partial charge in [0.2, 0.25) is 0 Å². The van der Waals surface area contributed by atoms with Crippen LogP contribution in [0, 0.1) is 0 Å². The Morgan fingerprint density at radius 2 is 1.65 bits per heavy atom. The van der Waals surface area contributed by atoms with Gasteiger partial charge < -0.3 is 4.90 Å². The van der Waals surface area contributed by atoms with E-state index in [-0.39, 0.29) is 0 Å². The Bertz CT molecular complexity index is 493. The van der Waals surface area contributed by atoms with Crippen LogP contribution in [0.1, 0.15) is 89.7 Å². The Labute approximate surface area is 167 Å². The van der Waals surface area contributed by atoms with Gasteiger partial charge in [-0.1, -0.05) is 65.0 Å². The summed E-state index contributed by atoms with van der Waals surface area (Å²) in [5.74, 6) is 1.29. The van der Waals surface area contributed by atoms with Crippen molar-refractivity contribution in [1.29, 1.82) is 0 Å². The van der Waals surface area contributed by atoms with Crippen molar-refractivity contribution in [2.45, 2.75) is 102 Å². The quantitative estimate of drug-likeness (QED) is 0.267. The Hall–Kier alpha value is -0.470. The van der Waals surface area contributed by atoms with Crippen LogP contribution in [0.15, 0.2) is 23.1 Å². The molecule has 0 saturated heterocycles. The molecule has 1 aromatic rings. The van der Waals surface area contributed by atoms with Crippen molar-refractivity contribution in [2.24, 2.45) is 0 Å². The number of hydrogen-bond acceptors (Lipinski definition) is 2. The molecule has 0 bridgehead atoms. The fourth-order valence-electron chi connectivity index (χ4n) is 4.30. The van der Waals surface area contributed by atoms with Crippen LogP contribution < -0.4 is 0 Å². The zero-order chi connectivity index (χ0) is 18.6. The summed E-state index contributed by atoms with van der Waals surface area (Å²) in [4.78, 5) is 4.34. The molecule has 26 heavy (non-hydrogen) atoms. The van der Waals surface area contributed by atoms with Crippen LogP contribution in [0.2, 0.25) is 0 Å². The number of fused-ring (bicyclic) bond motifs is 1. The van der Waals surface area contributed by atoms with Crippen LogP contribution in [0.3, 0.4) is 0 Å². The first-order valence-electron chi connectivity index (χ1n) is 11.3. The highest BCUT2D eigenvalue weighted by molar-refractivity contribution is 7.99. The fraction of sp³-hybridized carbons (Fsp3) is 0.750. The Balaban J connectivity index is 1.89. The molecule has 0 amide bonds. The molecular formula is C24H41NS. The van der Waals surface area contributed by atoms with Gasteiger partial charge in [-0.15, -0.1) is 11.8 Å². The number of rotatable bonds is 13. The van der Waals surface area contributed by atoms with E-state index in [1.807, 2.05) is 0 Å². The minimum absolute atomic E-state index is 0.762. The number of aryl methyl sites for hydroxylation is 1. The maximum absolute atomic E-state index is 2.76. The lowest BCUT2D eigenvalue weighted by Gasteiger charge is -2.35. The largest absolute Gasteiger partial charge is 0.300 e. The Morgan fingerprint density at radius 1 is 0.923 bits per heavy atom. The van der Waals surface area contributed by atoms with Gasteiger partial charge in [0.05, 0.1) is 0 Å². The van der Waals surface area contributed by atoms with Gasteiger partial charge in [-0.05, 0) is 74.6 Å². The molecule has 0 spiro atoms. The number of benzene rings is 1. The van der Waals surface area contributed by atoms with Crippen LogP contribution in [0.5, 0.6) is 0 Å². The maximum Gasteiger partial charge on any atom is 0.0139 e. The number of thioether (sulfide) groups is 1. The lowest BCUT2D eigenvalue weighted by atomic mass is 9.87. The molecule has 0 saturated carbocycles. The molecule has 1 unspecified atom stereocenters. The first-order chi connectivity index (χ1) is 12.8. The first kappa shape index (κ1) is 21.8. The third-order valence-corrected chi connectivity index (χ3v) is 6.90. The van der Waals surface area contributed by atoms with Gasteiger partial charge in [0.15, 0.2) is 0 Å².